The van der Waals surface area contributed by atoms with Crippen LogP contribution >= 0.6 is 0 Å². The fraction of sp³-hybridized carbons (Fsp3) is 0.308. The van der Waals surface area contributed by atoms with E-state index in [1.165, 1.54) is 0 Å². The number of oxazole rings is 1. The first-order valence-electron chi connectivity index (χ1n) is 5.59. The third kappa shape index (κ3) is 2.58. The minimum absolute atomic E-state index is 0.567. The monoisotopic (exact) mass is 231 g/mol. The first-order chi connectivity index (χ1) is 8.06. The van der Waals surface area contributed by atoms with Gasteiger partial charge in [0.05, 0.1) is 12.2 Å². The molecule has 4 heteroatoms. The smallest absolute Gasteiger partial charge is 0.213 e. The maximum absolute atomic E-state index is 5.84. The molecule has 4 nitrogen and oxygen atoms in total. The van der Waals surface area contributed by atoms with Crippen molar-refractivity contribution in [3.8, 4) is 0 Å². The van der Waals surface area contributed by atoms with Crippen LogP contribution in [0.25, 0.3) is 0 Å². The summed E-state index contributed by atoms with van der Waals surface area (Å²) < 4.78 is 5.49. The van der Waals surface area contributed by atoms with Gasteiger partial charge in [-0.3, -0.25) is 0 Å². The topological polar surface area (TPSA) is 64.1 Å². The standard InChI is InChI=1S/C13H17N3O/c1-8-4-5-11(6-12(8)14)15-7-13-16-9(2)10(3)17-13/h4-6,15H,7,14H2,1-3H3. The highest BCUT2D eigenvalue weighted by atomic mass is 16.4. The first kappa shape index (κ1) is 11.5. The lowest BCUT2D eigenvalue weighted by atomic mass is 10.2. The van der Waals surface area contributed by atoms with Gasteiger partial charge in [0.25, 0.3) is 0 Å². The molecule has 2 rings (SSSR count). The number of nitrogen functional groups attached to an aromatic ring is 1. The largest absolute Gasteiger partial charge is 0.444 e. The maximum Gasteiger partial charge on any atom is 0.213 e. The Kier molecular flexibility index (Phi) is 3.04. The van der Waals surface area contributed by atoms with Gasteiger partial charge in [0.15, 0.2) is 0 Å². The Morgan fingerprint density at radius 1 is 1.29 bits per heavy atom. The zero-order chi connectivity index (χ0) is 12.4. The third-order valence-electron chi connectivity index (χ3n) is 2.80. The summed E-state index contributed by atoms with van der Waals surface area (Å²) in [6, 6.07) is 5.90. The Hall–Kier alpha value is -1.97. The van der Waals surface area contributed by atoms with Crippen LogP contribution in [0.3, 0.4) is 0 Å². The predicted molar refractivity (Wildman–Crippen MR) is 68.9 cm³/mol. The number of anilines is 2. The lowest BCUT2D eigenvalue weighted by Crippen LogP contribution is -2.01. The van der Waals surface area contributed by atoms with Gasteiger partial charge in [0.1, 0.15) is 5.76 Å². The third-order valence-corrected chi connectivity index (χ3v) is 2.80. The SMILES string of the molecule is Cc1ccc(NCc2nc(C)c(C)o2)cc1N. The fourth-order valence-electron chi connectivity index (χ4n) is 1.54. The number of hydrogen-bond donors (Lipinski definition) is 2. The minimum Gasteiger partial charge on any atom is -0.444 e. The van der Waals surface area contributed by atoms with Crippen LogP contribution < -0.4 is 11.1 Å². The number of benzene rings is 1. The number of hydrogen-bond acceptors (Lipinski definition) is 4. The van der Waals surface area contributed by atoms with Crippen LogP contribution in [0.5, 0.6) is 0 Å². The van der Waals surface area contributed by atoms with Crippen molar-refractivity contribution in [2.45, 2.75) is 27.3 Å². The summed E-state index contributed by atoms with van der Waals surface area (Å²) in [5, 5.41) is 3.23. The van der Waals surface area contributed by atoms with Crippen molar-refractivity contribution in [1.29, 1.82) is 0 Å². The second-order valence-corrected chi connectivity index (χ2v) is 4.17. The highest BCUT2D eigenvalue weighted by Crippen LogP contribution is 2.18. The van der Waals surface area contributed by atoms with E-state index in [0.29, 0.717) is 12.4 Å². The van der Waals surface area contributed by atoms with Crippen molar-refractivity contribution in [3.05, 3.63) is 41.1 Å². The Bertz CT molecular complexity index is 512. The van der Waals surface area contributed by atoms with E-state index >= 15 is 0 Å². The summed E-state index contributed by atoms with van der Waals surface area (Å²) >= 11 is 0. The number of nitrogens with one attached hydrogen (secondary N) is 1. The highest BCUT2D eigenvalue weighted by molar-refractivity contribution is 5.58. The first-order valence-corrected chi connectivity index (χ1v) is 5.59. The minimum atomic E-state index is 0.567. The molecule has 0 fully saturated rings. The number of nitrogens with two attached hydrogens (primary N) is 1. The van der Waals surface area contributed by atoms with Crippen LogP contribution in [0.15, 0.2) is 22.6 Å². The van der Waals surface area contributed by atoms with Crippen molar-refractivity contribution in [3.63, 3.8) is 0 Å². The van der Waals surface area contributed by atoms with Crippen LogP contribution in [0.4, 0.5) is 11.4 Å². The van der Waals surface area contributed by atoms with Gasteiger partial charge in [-0.2, -0.15) is 0 Å². The zero-order valence-corrected chi connectivity index (χ0v) is 10.4. The van der Waals surface area contributed by atoms with Crippen LogP contribution in [-0.4, -0.2) is 4.98 Å². The summed E-state index contributed by atoms with van der Waals surface area (Å²) in [6.07, 6.45) is 0. The molecule has 0 bridgehead atoms. The average Bonchev–Trinajstić information content (AvgIpc) is 2.60. The summed E-state index contributed by atoms with van der Waals surface area (Å²) in [4.78, 5) is 4.30. The summed E-state index contributed by atoms with van der Waals surface area (Å²) in [5.74, 6) is 1.56. The Balaban J connectivity index is 2.04. The molecular formula is C13H17N3O. The molecule has 0 unspecified atom stereocenters. The van der Waals surface area contributed by atoms with Crippen molar-refractivity contribution in [1.82, 2.24) is 4.98 Å². The Labute approximate surface area is 101 Å². The van der Waals surface area contributed by atoms with Gasteiger partial charge < -0.3 is 15.5 Å². The van der Waals surface area contributed by atoms with Gasteiger partial charge in [-0.05, 0) is 38.5 Å². The molecule has 0 spiro atoms. The van der Waals surface area contributed by atoms with E-state index in [0.717, 1.165) is 28.4 Å². The van der Waals surface area contributed by atoms with Gasteiger partial charge in [0.2, 0.25) is 5.89 Å². The molecule has 1 heterocycles. The molecule has 1 aromatic heterocycles. The Morgan fingerprint density at radius 3 is 2.65 bits per heavy atom. The van der Waals surface area contributed by atoms with Gasteiger partial charge >= 0.3 is 0 Å². The number of rotatable bonds is 3. The van der Waals surface area contributed by atoms with Crippen molar-refractivity contribution in [2.75, 3.05) is 11.1 Å². The second kappa shape index (κ2) is 4.49. The molecule has 90 valence electrons. The molecule has 0 atom stereocenters. The van der Waals surface area contributed by atoms with E-state index in [9.17, 15) is 0 Å². The molecule has 1 aromatic carbocycles. The van der Waals surface area contributed by atoms with E-state index in [1.54, 1.807) is 0 Å². The molecule has 3 N–H and O–H groups in total. The normalized spacial score (nSPS) is 10.5. The van der Waals surface area contributed by atoms with Crippen LogP contribution in [0.1, 0.15) is 22.9 Å². The molecule has 2 aromatic rings. The van der Waals surface area contributed by atoms with Gasteiger partial charge in [-0.25, -0.2) is 4.98 Å². The van der Waals surface area contributed by atoms with Crippen molar-refractivity contribution < 1.29 is 4.42 Å². The number of nitrogens with zero attached hydrogens (tertiary/aromatic N) is 1. The molecule has 0 aliphatic carbocycles. The predicted octanol–water partition coefficient (Wildman–Crippen LogP) is 2.79. The van der Waals surface area contributed by atoms with Gasteiger partial charge in [-0.1, -0.05) is 6.07 Å². The average molecular weight is 231 g/mol. The van der Waals surface area contributed by atoms with E-state index in [2.05, 4.69) is 10.3 Å². The van der Waals surface area contributed by atoms with E-state index in [-0.39, 0.29) is 0 Å². The van der Waals surface area contributed by atoms with Crippen LogP contribution in [-0.2, 0) is 6.54 Å². The quantitative estimate of drug-likeness (QED) is 0.797. The summed E-state index contributed by atoms with van der Waals surface area (Å²) in [7, 11) is 0. The van der Waals surface area contributed by atoms with Gasteiger partial charge in [0, 0.05) is 11.4 Å². The summed E-state index contributed by atoms with van der Waals surface area (Å²) in [6.45, 7) is 6.40. The van der Waals surface area contributed by atoms with Crippen LogP contribution in [0, 0.1) is 20.8 Å². The van der Waals surface area contributed by atoms with Crippen molar-refractivity contribution >= 4 is 11.4 Å². The molecule has 0 aliphatic heterocycles. The molecule has 0 saturated carbocycles. The van der Waals surface area contributed by atoms with Crippen molar-refractivity contribution in [2.24, 2.45) is 0 Å². The molecule has 17 heavy (non-hydrogen) atoms. The number of aromatic nitrogens is 1. The second-order valence-electron chi connectivity index (χ2n) is 4.17. The molecule has 0 aliphatic rings. The lowest BCUT2D eigenvalue weighted by Gasteiger charge is -2.06. The molecule has 0 amide bonds. The lowest BCUT2D eigenvalue weighted by molar-refractivity contribution is 0.478. The van der Waals surface area contributed by atoms with E-state index in [1.807, 2.05) is 39.0 Å². The highest BCUT2D eigenvalue weighted by Gasteiger charge is 2.05. The Morgan fingerprint density at radius 2 is 2.06 bits per heavy atom. The summed E-state index contributed by atoms with van der Waals surface area (Å²) in [5.41, 5.74) is 9.62. The molecule has 0 saturated heterocycles. The van der Waals surface area contributed by atoms with E-state index in [4.69, 9.17) is 10.2 Å². The number of aryl methyl sites for hydroxylation is 3. The maximum atomic E-state index is 5.84. The fourth-order valence-corrected chi connectivity index (χ4v) is 1.54. The van der Waals surface area contributed by atoms with Crippen LogP contribution in [0.2, 0.25) is 0 Å². The molecular weight excluding hydrogens is 214 g/mol. The van der Waals surface area contributed by atoms with E-state index < -0.39 is 0 Å². The van der Waals surface area contributed by atoms with Gasteiger partial charge in [-0.15, -0.1) is 0 Å². The zero-order valence-electron chi connectivity index (χ0n) is 10.4. The molecule has 0 radical (unpaired) electrons.